The van der Waals surface area contributed by atoms with Gasteiger partial charge >= 0.3 is 6.09 Å². The molecule has 7 heteroatoms. The minimum absolute atomic E-state index is 0.0163. The number of hydrogen-bond donors (Lipinski definition) is 2. The number of carbonyl (C=O) groups excluding carboxylic acids is 2. The molecule has 0 saturated heterocycles. The predicted molar refractivity (Wildman–Crippen MR) is 115 cm³/mol. The van der Waals surface area contributed by atoms with Gasteiger partial charge in [-0.1, -0.05) is 43.3 Å². The fourth-order valence-electron chi connectivity index (χ4n) is 2.63. The Kier molecular flexibility index (Phi) is 8.80. The van der Waals surface area contributed by atoms with Crippen LogP contribution in [-0.2, 0) is 33.8 Å². The molecule has 1 atom stereocenters. The summed E-state index contributed by atoms with van der Waals surface area (Å²) in [6.07, 6.45) is 0.148. The zero-order valence-corrected chi connectivity index (χ0v) is 18.1. The van der Waals surface area contributed by atoms with Crippen LogP contribution in [0.1, 0.15) is 44.6 Å². The van der Waals surface area contributed by atoms with E-state index in [4.69, 9.17) is 9.47 Å². The van der Waals surface area contributed by atoms with Crippen molar-refractivity contribution in [3.63, 3.8) is 0 Å². The van der Waals surface area contributed by atoms with Crippen molar-refractivity contribution in [2.45, 2.75) is 58.9 Å². The molecule has 0 bridgehead atoms. The third-order valence-corrected chi connectivity index (χ3v) is 4.07. The summed E-state index contributed by atoms with van der Waals surface area (Å²) in [6, 6.07) is 14.4. The Balaban J connectivity index is 1.96. The van der Waals surface area contributed by atoms with Crippen LogP contribution in [0.15, 0.2) is 48.5 Å². The summed E-state index contributed by atoms with van der Waals surface area (Å²) in [6.45, 7) is 7.93. The minimum atomic E-state index is -0.891. The predicted octanol–water partition coefficient (Wildman–Crippen LogP) is 3.37. The smallest absolute Gasteiger partial charge is 0.408 e. The van der Waals surface area contributed by atoms with Crippen LogP contribution in [0, 0.1) is 0 Å². The minimum Gasteiger partial charge on any atom is -0.444 e. The monoisotopic (exact) mass is 413 g/mol. The standard InChI is InChI=1S/C23H31N3O4/c1-5-18-12-9-13-19(25-18)14-24-21(27)20(26-22(28)30-23(2,3)4)16-29-15-17-10-7-6-8-11-17/h6-13,20H,5,14-16H2,1-4H3,(H,24,27)(H,26,28). The SMILES string of the molecule is CCc1cccc(CNC(=O)C(COCc2ccccc2)NC(=O)OC(C)(C)C)n1. The third kappa shape index (κ3) is 8.61. The molecule has 1 aromatic carbocycles. The molecule has 0 fully saturated rings. The first-order valence-electron chi connectivity index (χ1n) is 10.1. The van der Waals surface area contributed by atoms with Crippen molar-refractivity contribution in [3.8, 4) is 0 Å². The van der Waals surface area contributed by atoms with Gasteiger partial charge < -0.3 is 20.1 Å². The highest BCUT2D eigenvalue weighted by molar-refractivity contribution is 5.85. The Labute approximate surface area is 178 Å². The molecular weight excluding hydrogens is 382 g/mol. The number of carbonyl (C=O) groups is 2. The van der Waals surface area contributed by atoms with E-state index in [1.165, 1.54) is 0 Å². The molecule has 1 heterocycles. The largest absolute Gasteiger partial charge is 0.444 e. The van der Waals surface area contributed by atoms with E-state index in [1.54, 1.807) is 20.8 Å². The van der Waals surface area contributed by atoms with Crippen molar-refractivity contribution in [2.75, 3.05) is 6.61 Å². The van der Waals surface area contributed by atoms with E-state index in [1.807, 2.05) is 55.5 Å². The van der Waals surface area contributed by atoms with Crippen LogP contribution in [0.2, 0.25) is 0 Å². The number of benzene rings is 1. The lowest BCUT2D eigenvalue weighted by atomic mass is 10.2. The maximum atomic E-state index is 12.7. The number of nitrogens with one attached hydrogen (secondary N) is 2. The second-order valence-corrected chi connectivity index (χ2v) is 7.89. The molecule has 0 radical (unpaired) electrons. The maximum absolute atomic E-state index is 12.7. The van der Waals surface area contributed by atoms with Crippen LogP contribution in [0.5, 0.6) is 0 Å². The summed E-state index contributed by atoms with van der Waals surface area (Å²) in [5, 5.41) is 5.42. The summed E-state index contributed by atoms with van der Waals surface area (Å²) in [4.78, 5) is 29.4. The highest BCUT2D eigenvalue weighted by Crippen LogP contribution is 2.08. The number of pyridine rings is 1. The Bertz CT molecular complexity index is 819. The van der Waals surface area contributed by atoms with Crippen molar-refractivity contribution in [2.24, 2.45) is 0 Å². The topological polar surface area (TPSA) is 89.6 Å². The Morgan fingerprint density at radius 2 is 1.73 bits per heavy atom. The second kappa shape index (κ2) is 11.3. The molecule has 2 N–H and O–H groups in total. The first kappa shape index (κ1) is 23.3. The van der Waals surface area contributed by atoms with Crippen LogP contribution in [-0.4, -0.2) is 35.2 Å². The quantitative estimate of drug-likeness (QED) is 0.658. The summed E-state index contributed by atoms with van der Waals surface area (Å²) in [7, 11) is 0. The van der Waals surface area contributed by atoms with E-state index in [0.29, 0.717) is 6.61 Å². The van der Waals surface area contributed by atoms with Gasteiger partial charge in [-0.3, -0.25) is 9.78 Å². The lowest BCUT2D eigenvalue weighted by Crippen LogP contribution is -2.50. The van der Waals surface area contributed by atoms with Crippen LogP contribution in [0.3, 0.4) is 0 Å². The molecular formula is C23H31N3O4. The zero-order chi connectivity index (χ0) is 22.0. The van der Waals surface area contributed by atoms with Gasteiger partial charge in [-0.2, -0.15) is 0 Å². The lowest BCUT2D eigenvalue weighted by Gasteiger charge is -2.23. The zero-order valence-electron chi connectivity index (χ0n) is 18.1. The summed E-state index contributed by atoms with van der Waals surface area (Å²) in [5.74, 6) is -0.363. The number of alkyl carbamates (subject to hydrolysis) is 1. The van der Waals surface area contributed by atoms with E-state index in [0.717, 1.165) is 23.4 Å². The summed E-state index contributed by atoms with van der Waals surface area (Å²) >= 11 is 0. The Morgan fingerprint density at radius 3 is 2.40 bits per heavy atom. The fourth-order valence-corrected chi connectivity index (χ4v) is 2.63. The molecule has 0 saturated carbocycles. The molecule has 2 aromatic rings. The molecule has 0 aliphatic carbocycles. The van der Waals surface area contributed by atoms with Gasteiger partial charge in [0, 0.05) is 5.69 Å². The van der Waals surface area contributed by atoms with E-state index < -0.39 is 17.7 Å². The lowest BCUT2D eigenvalue weighted by molar-refractivity contribution is -0.125. The van der Waals surface area contributed by atoms with Crippen LogP contribution in [0.25, 0.3) is 0 Å². The van der Waals surface area contributed by atoms with E-state index >= 15 is 0 Å². The van der Waals surface area contributed by atoms with Crippen molar-refractivity contribution in [1.82, 2.24) is 15.6 Å². The number of hydrogen-bond acceptors (Lipinski definition) is 5. The summed E-state index contributed by atoms with van der Waals surface area (Å²) in [5.41, 5.74) is 2.02. The van der Waals surface area contributed by atoms with Gasteiger partial charge in [0.25, 0.3) is 0 Å². The molecule has 7 nitrogen and oxygen atoms in total. The van der Waals surface area contributed by atoms with Gasteiger partial charge in [-0.05, 0) is 44.9 Å². The van der Waals surface area contributed by atoms with Crippen molar-refractivity contribution < 1.29 is 19.1 Å². The average molecular weight is 414 g/mol. The van der Waals surface area contributed by atoms with Crippen LogP contribution in [0.4, 0.5) is 4.79 Å². The number of aromatic nitrogens is 1. The van der Waals surface area contributed by atoms with Crippen molar-refractivity contribution in [3.05, 3.63) is 65.5 Å². The van der Waals surface area contributed by atoms with Gasteiger partial charge in [-0.15, -0.1) is 0 Å². The summed E-state index contributed by atoms with van der Waals surface area (Å²) < 4.78 is 11.0. The highest BCUT2D eigenvalue weighted by Gasteiger charge is 2.24. The van der Waals surface area contributed by atoms with E-state index in [9.17, 15) is 9.59 Å². The second-order valence-electron chi connectivity index (χ2n) is 7.89. The van der Waals surface area contributed by atoms with E-state index in [2.05, 4.69) is 15.6 Å². The number of ether oxygens (including phenoxy) is 2. The number of amides is 2. The third-order valence-electron chi connectivity index (χ3n) is 4.07. The van der Waals surface area contributed by atoms with Crippen molar-refractivity contribution >= 4 is 12.0 Å². The molecule has 162 valence electrons. The first-order valence-corrected chi connectivity index (χ1v) is 10.1. The molecule has 1 aromatic heterocycles. The maximum Gasteiger partial charge on any atom is 0.408 e. The molecule has 2 amide bonds. The highest BCUT2D eigenvalue weighted by atomic mass is 16.6. The molecule has 0 aliphatic rings. The van der Waals surface area contributed by atoms with Crippen LogP contribution >= 0.6 is 0 Å². The molecule has 0 spiro atoms. The molecule has 0 aliphatic heterocycles. The van der Waals surface area contributed by atoms with Crippen LogP contribution < -0.4 is 10.6 Å². The van der Waals surface area contributed by atoms with Gasteiger partial charge in [0.1, 0.15) is 11.6 Å². The fraction of sp³-hybridized carbons (Fsp3) is 0.435. The van der Waals surface area contributed by atoms with Gasteiger partial charge in [0.15, 0.2) is 0 Å². The van der Waals surface area contributed by atoms with Gasteiger partial charge in [-0.25, -0.2) is 4.79 Å². The molecule has 1 unspecified atom stereocenters. The molecule has 2 rings (SSSR count). The average Bonchev–Trinajstić information content (AvgIpc) is 2.71. The number of aryl methyl sites for hydroxylation is 1. The Morgan fingerprint density at radius 1 is 1.03 bits per heavy atom. The van der Waals surface area contributed by atoms with Gasteiger partial charge in [0.2, 0.25) is 5.91 Å². The van der Waals surface area contributed by atoms with Crippen molar-refractivity contribution in [1.29, 1.82) is 0 Å². The van der Waals surface area contributed by atoms with Gasteiger partial charge in [0.05, 0.1) is 25.5 Å². The normalized spacial score (nSPS) is 12.1. The number of rotatable bonds is 9. The molecule has 30 heavy (non-hydrogen) atoms. The first-order chi connectivity index (χ1) is 14.3. The van der Waals surface area contributed by atoms with E-state index in [-0.39, 0.29) is 19.1 Å². The number of nitrogens with zero attached hydrogens (tertiary/aromatic N) is 1. The Hall–Kier alpha value is -2.93.